The molecule has 0 aromatic carbocycles. The lowest BCUT2D eigenvalue weighted by atomic mass is 10.00. The van der Waals surface area contributed by atoms with Crippen LogP contribution >= 0.6 is 0 Å². The van der Waals surface area contributed by atoms with E-state index in [-0.39, 0.29) is 5.91 Å². The lowest BCUT2D eigenvalue weighted by Crippen LogP contribution is -2.43. The number of carbonyl (C=O) groups is 1. The molecule has 1 atom stereocenters. The molecule has 2 aromatic rings. The molecule has 3 heterocycles. The maximum Gasteiger partial charge on any atom is 0.274 e. The fourth-order valence-corrected chi connectivity index (χ4v) is 3.03. The quantitative estimate of drug-likeness (QED) is 0.842. The third-order valence-electron chi connectivity index (χ3n) is 4.19. The van der Waals surface area contributed by atoms with Gasteiger partial charge in [0, 0.05) is 25.0 Å². The first-order valence-electron chi connectivity index (χ1n) is 7.45. The number of fused-ring (bicyclic) bond motifs is 1. The van der Waals surface area contributed by atoms with Crippen molar-refractivity contribution in [3.8, 4) is 0 Å². The number of nitrogens with zero attached hydrogens (tertiary/aromatic N) is 3. The van der Waals surface area contributed by atoms with Gasteiger partial charge in [0.15, 0.2) is 0 Å². The van der Waals surface area contributed by atoms with E-state index < -0.39 is 0 Å². The molecule has 1 amide bonds. The van der Waals surface area contributed by atoms with E-state index in [1.54, 1.807) is 0 Å². The number of rotatable bonds is 2. The Morgan fingerprint density at radius 2 is 2.30 bits per heavy atom. The van der Waals surface area contributed by atoms with Crippen molar-refractivity contribution in [2.75, 3.05) is 6.54 Å². The molecule has 20 heavy (non-hydrogen) atoms. The second-order valence-electron chi connectivity index (χ2n) is 5.65. The summed E-state index contributed by atoms with van der Waals surface area (Å²) in [7, 11) is 0. The van der Waals surface area contributed by atoms with Crippen molar-refractivity contribution >= 4 is 11.6 Å². The van der Waals surface area contributed by atoms with Gasteiger partial charge in [-0.15, -0.1) is 0 Å². The fourth-order valence-electron chi connectivity index (χ4n) is 3.03. The molecule has 0 N–H and O–H groups in total. The minimum absolute atomic E-state index is 0.0814. The van der Waals surface area contributed by atoms with Gasteiger partial charge in [-0.25, -0.2) is 4.98 Å². The molecule has 1 aliphatic rings. The Kier molecular flexibility index (Phi) is 3.47. The van der Waals surface area contributed by atoms with Crippen LogP contribution in [0.3, 0.4) is 0 Å². The van der Waals surface area contributed by atoms with E-state index >= 15 is 0 Å². The summed E-state index contributed by atoms with van der Waals surface area (Å²) in [5, 5.41) is 0. The number of hydrogen-bond donors (Lipinski definition) is 0. The van der Waals surface area contributed by atoms with Gasteiger partial charge in [0.2, 0.25) is 0 Å². The third-order valence-corrected chi connectivity index (χ3v) is 4.19. The standard InChI is InChI=1S/C16H21N3O/c1-3-13-6-4-5-8-19(13)16(20)14-11-18-9-7-12(2)10-15(18)17-14/h7,9-11,13H,3-6,8H2,1-2H3/t13-/m0/s1. The summed E-state index contributed by atoms with van der Waals surface area (Å²) < 4.78 is 1.92. The van der Waals surface area contributed by atoms with Gasteiger partial charge < -0.3 is 9.30 Å². The monoisotopic (exact) mass is 271 g/mol. The Morgan fingerprint density at radius 3 is 3.10 bits per heavy atom. The minimum atomic E-state index is 0.0814. The first kappa shape index (κ1) is 13.2. The molecule has 3 rings (SSSR count). The number of amides is 1. The lowest BCUT2D eigenvalue weighted by Gasteiger charge is -2.34. The molecule has 0 saturated carbocycles. The van der Waals surface area contributed by atoms with Gasteiger partial charge in [-0.05, 0) is 50.3 Å². The number of imidazole rings is 1. The Balaban J connectivity index is 1.91. The molecule has 106 valence electrons. The number of likely N-dealkylation sites (tertiary alicyclic amines) is 1. The predicted octanol–water partition coefficient (Wildman–Crippen LogP) is 3.05. The van der Waals surface area contributed by atoms with Crippen LogP contribution in [0.15, 0.2) is 24.5 Å². The largest absolute Gasteiger partial charge is 0.334 e. The van der Waals surface area contributed by atoms with Crippen LogP contribution in [0.25, 0.3) is 5.65 Å². The molecule has 4 nitrogen and oxygen atoms in total. The van der Waals surface area contributed by atoms with Crippen molar-refractivity contribution in [1.29, 1.82) is 0 Å². The highest BCUT2D eigenvalue weighted by Gasteiger charge is 2.27. The van der Waals surface area contributed by atoms with Crippen molar-refractivity contribution in [3.05, 3.63) is 35.8 Å². The Bertz CT molecular complexity index is 632. The second-order valence-corrected chi connectivity index (χ2v) is 5.65. The molecule has 1 fully saturated rings. The van der Waals surface area contributed by atoms with Crippen molar-refractivity contribution in [2.24, 2.45) is 0 Å². The molecule has 0 aliphatic carbocycles. The lowest BCUT2D eigenvalue weighted by molar-refractivity contribution is 0.0602. The molecule has 0 bridgehead atoms. The van der Waals surface area contributed by atoms with Crippen LogP contribution in [0.1, 0.15) is 48.7 Å². The van der Waals surface area contributed by atoms with Crippen molar-refractivity contribution in [2.45, 2.75) is 45.6 Å². The smallest absolute Gasteiger partial charge is 0.274 e. The third kappa shape index (κ3) is 2.30. The first-order valence-corrected chi connectivity index (χ1v) is 7.45. The van der Waals surface area contributed by atoms with Gasteiger partial charge in [-0.3, -0.25) is 4.79 Å². The summed E-state index contributed by atoms with van der Waals surface area (Å²) in [6.45, 7) is 5.06. The van der Waals surface area contributed by atoms with E-state index in [9.17, 15) is 4.79 Å². The number of hydrogen-bond acceptors (Lipinski definition) is 2. The Labute approximate surface area is 119 Å². The average Bonchev–Trinajstić information content (AvgIpc) is 2.89. The van der Waals surface area contributed by atoms with Crippen LogP contribution in [0, 0.1) is 6.92 Å². The molecule has 1 aliphatic heterocycles. The average molecular weight is 271 g/mol. The number of aromatic nitrogens is 2. The maximum absolute atomic E-state index is 12.7. The van der Waals surface area contributed by atoms with E-state index in [0.29, 0.717) is 11.7 Å². The van der Waals surface area contributed by atoms with E-state index in [1.807, 2.05) is 40.8 Å². The van der Waals surface area contributed by atoms with Crippen LogP contribution < -0.4 is 0 Å². The zero-order valence-corrected chi connectivity index (χ0v) is 12.2. The predicted molar refractivity (Wildman–Crippen MR) is 78.9 cm³/mol. The van der Waals surface area contributed by atoms with Crippen molar-refractivity contribution in [1.82, 2.24) is 14.3 Å². The topological polar surface area (TPSA) is 37.6 Å². The van der Waals surface area contributed by atoms with Crippen molar-refractivity contribution in [3.63, 3.8) is 0 Å². The second kappa shape index (κ2) is 5.27. The summed E-state index contributed by atoms with van der Waals surface area (Å²) in [6.07, 6.45) is 8.29. The van der Waals surface area contributed by atoms with E-state index in [0.717, 1.165) is 37.0 Å². The molecule has 0 radical (unpaired) electrons. The summed E-state index contributed by atoms with van der Waals surface area (Å²) in [5.74, 6) is 0.0814. The van der Waals surface area contributed by atoms with Gasteiger partial charge in [0.1, 0.15) is 11.3 Å². The normalized spacial score (nSPS) is 19.5. The molecule has 4 heteroatoms. The van der Waals surface area contributed by atoms with Gasteiger partial charge in [0.05, 0.1) is 0 Å². The van der Waals surface area contributed by atoms with Crippen LogP contribution in [-0.2, 0) is 0 Å². The molecule has 0 unspecified atom stereocenters. The van der Waals surface area contributed by atoms with Gasteiger partial charge in [0.25, 0.3) is 5.91 Å². The summed E-state index contributed by atoms with van der Waals surface area (Å²) in [4.78, 5) is 19.2. The minimum Gasteiger partial charge on any atom is -0.334 e. The van der Waals surface area contributed by atoms with Gasteiger partial charge in [-0.2, -0.15) is 0 Å². The zero-order chi connectivity index (χ0) is 14.1. The SMILES string of the molecule is CC[C@H]1CCCCN1C(=O)c1cn2ccc(C)cc2n1. The molecule has 0 spiro atoms. The summed E-state index contributed by atoms with van der Waals surface area (Å²) in [6, 6.07) is 4.41. The Hall–Kier alpha value is -1.84. The molecular formula is C16H21N3O. The van der Waals surface area contributed by atoms with Crippen molar-refractivity contribution < 1.29 is 4.79 Å². The first-order chi connectivity index (χ1) is 9.69. The summed E-state index contributed by atoms with van der Waals surface area (Å²) in [5.41, 5.74) is 2.57. The van der Waals surface area contributed by atoms with Crippen LogP contribution in [-0.4, -0.2) is 32.8 Å². The van der Waals surface area contributed by atoms with Crippen LogP contribution in [0.5, 0.6) is 0 Å². The van der Waals surface area contributed by atoms with E-state index in [1.165, 1.54) is 6.42 Å². The summed E-state index contributed by atoms with van der Waals surface area (Å²) >= 11 is 0. The van der Waals surface area contributed by atoms with E-state index in [4.69, 9.17) is 0 Å². The van der Waals surface area contributed by atoms with Crippen LogP contribution in [0.4, 0.5) is 0 Å². The van der Waals surface area contributed by atoms with Crippen LogP contribution in [0.2, 0.25) is 0 Å². The highest BCUT2D eigenvalue weighted by atomic mass is 16.2. The number of aryl methyl sites for hydroxylation is 1. The Morgan fingerprint density at radius 1 is 1.45 bits per heavy atom. The van der Waals surface area contributed by atoms with E-state index in [2.05, 4.69) is 11.9 Å². The highest BCUT2D eigenvalue weighted by molar-refractivity contribution is 5.93. The zero-order valence-electron chi connectivity index (χ0n) is 12.2. The number of carbonyl (C=O) groups excluding carboxylic acids is 1. The fraction of sp³-hybridized carbons (Fsp3) is 0.500. The molecular weight excluding hydrogens is 250 g/mol. The highest BCUT2D eigenvalue weighted by Crippen LogP contribution is 2.21. The maximum atomic E-state index is 12.7. The molecule has 1 saturated heterocycles. The number of piperidine rings is 1. The van der Waals surface area contributed by atoms with Gasteiger partial charge in [-0.1, -0.05) is 6.92 Å². The van der Waals surface area contributed by atoms with Gasteiger partial charge >= 0.3 is 0 Å². The number of pyridine rings is 1. The molecule has 2 aromatic heterocycles.